The maximum absolute atomic E-state index is 12.2. The van der Waals surface area contributed by atoms with E-state index in [0.717, 1.165) is 36.2 Å². The second kappa shape index (κ2) is 5.77. The molecular formula is C16H16N6O. The van der Waals surface area contributed by atoms with Gasteiger partial charge in [-0.3, -0.25) is 14.9 Å². The van der Waals surface area contributed by atoms with Gasteiger partial charge in [-0.05, 0) is 29.3 Å². The molecule has 1 aliphatic rings. The Morgan fingerprint density at radius 2 is 2.26 bits per heavy atom. The van der Waals surface area contributed by atoms with Crippen molar-refractivity contribution in [1.82, 2.24) is 30.8 Å². The van der Waals surface area contributed by atoms with Gasteiger partial charge in [-0.15, -0.1) is 0 Å². The molecule has 0 fully saturated rings. The van der Waals surface area contributed by atoms with E-state index in [2.05, 4.69) is 36.9 Å². The third-order valence-electron chi connectivity index (χ3n) is 3.96. The first kappa shape index (κ1) is 13.8. The molecule has 1 aliphatic heterocycles. The van der Waals surface area contributed by atoms with Crippen molar-refractivity contribution in [2.45, 2.75) is 19.5 Å². The van der Waals surface area contributed by atoms with Crippen LogP contribution in [-0.2, 0) is 19.5 Å². The summed E-state index contributed by atoms with van der Waals surface area (Å²) in [6, 6.07) is 5.62. The Balaban J connectivity index is 1.46. The predicted molar refractivity (Wildman–Crippen MR) is 84.7 cm³/mol. The van der Waals surface area contributed by atoms with Crippen molar-refractivity contribution in [3.05, 3.63) is 53.1 Å². The highest BCUT2D eigenvalue weighted by atomic mass is 16.1. The van der Waals surface area contributed by atoms with Crippen LogP contribution in [0.5, 0.6) is 0 Å². The number of hydrogen-bond donors (Lipinski definition) is 3. The van der Waals surface area contributed by atoms with Gasteiger partial charge in [0, 0.05) is 43.3 Å². The van der Waals surface area contributed by atoms with Crippen molar-refractivity contribution in [2.24, 2.45) is 0 Å². The summed E-state index contributed by atoms with van der Waals surface area (Å²) >= 11 is 0. The van der Waals surface area contributed by atoms with Gasteiger partial charge in [0.25, 0.3) is 5.91 Å². The summed E-state index contributed by atoms with van der Waals surface area (Å²) < 4.78 is 0. The molecular weight excluding hydrogens is 292 g/mol. The first-order valence-electron chi connectivity index (χ1n) is 7.55. The fraction of sp³-hybridized carbons (Fsp3) is 0.250. The molecule has 0 aliphatic carbocycles. The summed E-state index contributed by atoms with van der Waals surface area (Å²) in [4.78, 5) is 21.0. The third-order valence-corrected chi connectivity index (χ3v) is 3.96. The van der Waals surface area contributed by atoms with Gasteiger partial charge in [0.05, 0.1) is 6.20 Å². The lowest BCUT2D eigenvalue weighted by molar-refractivity contribution is 0.0946. The number of carbonyl (C=O) groups excluding carboxylic acids is 1. The maximum atomic E-state index is 12.2. The normalized spacial score (nSPS) is 13.7. The molecule has 0 radical (unpaired) electrons. The van der Waals surface area contributed by atoms with Gasteiger partial charge in [0.2, 0.25) is 0 Å². The molecule has 0 atom stereocenters. The fourth-order valence-electron chi connectivity index (χ4n) is 2.72. The van der Waals surface area contributed by atoms with Crippen LogP contribution >= 0.6 is 0 Å². The van der Waals surface area contributed by atoms with Gasteiger partial charge in [-0.2, -0.15) is 5.10 Å². The molecule has 4 rings (SSSR count). The van der Waals surface area contributed by atoms with Crippen LogP contribution in [0.3, 0.4) is 0 Å². The summed E-state index contributed by atoms with van der Waals surface area (Å²) in [5.41, 5.74) is 4.32. The highest BCUT2D eigenvalue weighted by Crippen LogP contribution is 2.13. The van der Waals surface area contributed by atoms with E-state index in [0.29, 0.717) is 17.9 Å². The number of carbonyl (C=O) groups is 1. The predicted octanol–water partition coefficient (Wildman–Crippen LogP) is 0.929. The molecule has 3 aromatic heterocycles. The monoisotopic (exact) mass is 308 g/mol. The molecule has 23 heavy (non-hydrogen) atoms. The Morgan fingerprint density at radius 3 is 3.22 bits per heavy atom. The minimum Gasteiger partial charge on any atom is -0.347 e. The summed E-state index contributed by atoms with van der Waals surface area (Å²) in [6.07, 6.45) is 4.46. The first-order valence-corrected chi connectivity index (χ1v) is 7.55. The minimum absolute atomic E-state index is 0.211. The number of pyridine rings is 2. The number of rotatable bonds is 3. The Bertz CT molecular complexity index is 872. The SMILES string of the molecule is O=C(NCc1cnc2c(c1)CNCC2)c1ccc2cn[nH]c2n1. The molecule has 116 valence electrons. The number of fused-ring (bicyclic) bond motifs is 2. The third kappa shape index (κ3) is 2.78. The highest BCUT2D eigenvalue weighted by molar-refractivity contribution is 5.94. The number of nitrogens with zero attached hydrogens (tertiary/aromatic N) is 3. The molecule has 0 bridgehead atoms. The summed E-state index contributed by atoms with van der Waals surface area (Å²) in [5, 5.41) is 13.8. The number of nitrogens with one attached hydrogen (secondary N) is 3. The van der Waals surface area contributed by atoms with Crippen LogP contribution in [0.2, 0.25) is 0 Å². The summed E-state index contributed by atoms with van der Waals surface area (Å²) in [6.45, 7) is 2.24. The molecule has 0 saturated heterocycles. The molecule has 4 heterocycles. The van der Waals surface area contributed by atoms with Crippen LogP contribution in [0.15, 0.2) is 30.6 Å². The van der Waals surface area contributed by atoms with Crippen LogP contribution in [0.1, 0.15) is 27.3 Å². The van der Waals surface area contributed by atoms with Crippen LogP contribution < -0.4 is 10.6 Å². The van der Waals surface area contributed by atoms with Crippen LogP contribution in [0.4, 0.5) is 0 Å². The van der Waals surface area contributed by atoms with E-state index in [1.807, 2.05) is 12.3 Å². The Kier molecular flexibility index (Phi) is 3.47. The van der Waals surface area contributed by atoms with E-state index in [9.17, 15) is 4.79 Å². The lowest BCUT2D eigenvalue weighted by atomic mass is 10.1. The fourth-order valence-corrected chi connectivity index (χ4v) is 2.72. The van der Waals surface area contributed by atoms with Gasteiger partial charge in [0.15, 0.2) is 5.65 Å². The standard InChI is InChI=1S/C16H16N6O/c23-16(14-2-1-11-9-20-22-15(11)21-14)19-7-10-5-12-8-17-4-3-13(12)18-6-10/h1-2,5-6,9,17H,3-4,7-8H2,(H,19,23)(H,20,21,22). The van der Waals surface area contributed by atoms with E-state index in [1.165, 1.54) is 5.56 Å². The molecule has 0 saturated carbocycles. The molecule has 3 N–H and O–H groups in total. The smallest absolute Gasteiger partial charge is 0.270 e. The van der Waals surface area contributed by atoms with E-state index in [-0.39, 0.29) is 5.91 Å². The first-order chi connectivity index (χ1) is 11.3. The number of amides is 1. The zero-order valence-corrected chi connectivity index (χ0v) is 12.5. The van der Waals surface area contributed by atoms with Crippen molar-refractivity contribution in [2.75, 3.05) is 6.54 Å². The Hall–Kier alpha value is -2.80. The number of hydrogen-bond acceptors (Lipinski definition) is 5. The lowest BCUT2D eigenvalue weighted by Crippen LogP contribution is -2.26. The van der Waals surface area contributed by atoms with Crippen LogP contribution in [0, 0.1) is 0 Å². The van der Waals surface area contributed by atoms with Gasteiger partial charge >= 0.3 is 0 Å². The Morgan fingerprint density at radius 1 is 1.30 bits per heavy atom. The second-order valence-corrected chi connectivity index (χ2v) is 5.56. The van der Waals surface area contributed by atoms with Gasteiger partial charge in [0.1, 0.15) is 5.69 Å². The zero-order valence-electron chi connectivity index (χ0n) is 12.5. The summed E-state index contributed by atoms with van der Waals surface area (Å²) in [5.74, 6) is -0.211. The van der Waals surface area contributed by atoms with Gasteiger partial charge < -0.3 is 10.6 Å². The van der Waals surface area contributed by atoms with E-state index in [1.54, 1.807) is 12.3 Å². The second-order valence-electron chi connectivity index (χ2n) is 5.56. The van der Waals surface area contributed by atoms with Crippen molar-refractivity contribution in [1.29, 1.82) is 0 Å². The number of H-pyrrole nitrogens is 1. The van der Waals surface area contributed by atoms with Gasteiger partial charge in [-0.1, -0.05) is 0 Å². The van der Waals surface area contributed by atoms with E-state index >= 15 is 0 Å². The van der Waals surface area contributed by atoms with Gasteiger partial charge in [-0.25, -0.2) is 4.98 Å². The van der Waals surface area contributed by atoms with E-state index < -0.39 is 0 Å². The number of aromatic nitrogens is 4. The molecule has 0 unspecified atom stereocenters. The molecule has 1 amide bonds. The average Bonchev–Trinajstić information content (AvgIpc) is 3.07. The largest absolute Gasteiger partial charge is 0.347 e. The van der Waals surface area contributed by atoms with Crippen molar-refractivity contribution < 1.29 is 4.79 Å². The minimum atomic E-state index is -0.211. The molecule has 7 nitrogen and oxygen atoms in total. The van der Waals surface area contributed by atoms with Crippen molar-refractivity contribution in [3.63, 3.8) is 0 Å². The van der Waals surface area contributed by atoms with Crippen molar-refractivity contribution >= 4 is 16.9 Å². The average molecular weight is 308 g/mol. The molecule has 7 heteroatoms. The molecule has 3 aromatic rings. The Labute approximate surface area is 132 Å². The molecule has 0 aromatic carbocycles. The molecule has 0 spiro atoms. The summed E-state index contributed by atoms with van der Waals surface area (Å²) in [7, 11) is 0. The topological polar surface area (TPSA) is 95.6 Å². The maximum Gasteiger partial charge on any atom is 0.270 e. The highest BCUT2D eigenvalue weighted by Gasteiger charge is 2.12. The lowest BCUT2D eigenvalue weighted by Gasteiger charge is -2.16. The zero-order chi connectivity index (χ0) is 15.6. The quantitative estimate of drug-likeness (QED) is 0.669. The van der Waals surface area contributed by atoms with Crippen LogP contribution in [0.25, 0.3) is 11.0 Å². The van der Waals surface area contributed by atoms with Crippen LogP contribution in [-0.4, -0.2) is 32.6 Å². The van der Waals surface area contributed by atoms with E-state index in [4.69, 9.17) is 0 Å². The van der Waals surface area contributed by atoms with Crippen molar-refractivity contribution in [3.8, 4) is 0 Å². The number of aromatic amines is 1.